The molecular formula is C20H22BrIN2O2. The Labute approximate surface area is 176 Å². The van der Waals surface area contributed by atoms with Crippen LogP contribution in [0.5, 0.6) is 0 Å². The fraction of sp³-hybridized carbons (Fsp3) is 0.350. The highest BCUT2D eigenvalue weighted by atomic mass is 127. The first-order chi connectivity index (χ1) is 12.6. The number of benzene rings is 2. The fourth-order valence-corrected chi connectivity index (χ4v) is 3.71. The molecule has 0 saturated carbocycles. The second kappa shape index (κ2) is 9.60. The van der Waals surface area contributed by atoms with Crippen LogP contribution in [0.15, 0.2) is 53.0 Å². The van der Waals surface area contributed by atoms with Gasteiger partial charge < -0.3 is 15.0 Å². The van der Waals surface area contributed by atoms with Gasteiger partial charge in [0, 0.05) is 33.4 Å². The number of ether oxygens (including phenoxy) is 1. The quantitative estimate of drug-likeness (QED) is 0.520. The van der Waals surface area contributed by atoms with E-state index in [-0.39, 0.29) is 6.09 Å². The third kappa shape index (κ3) is 5.61. The number of piperidine rings is 1. The summed E-state index contributed by atoms with van der Waals surface area (Å²) in [5, 5.41) is 3.51. The molecule has 1 fully saturated rings. The molecule has 1 saturated heterocycles. The number of amides is 1. The highest BCUT2D eigenvalue weighted by molar-refractivity contribution is 14.1. The van der Waals surface area contributed by atoms with Crippen LogP contribution < -0.4 is 5.32 Å². The lowest BCUT2D eigenvalue weighted by Crippen LogP contribution is -2.40. The van der Waals surface area contributed by atoms with Crippen LogP contribution in [0.2, 0.25) is 0 Å². The average molecular weight is 529 g/mol. The zero-order chi connectivity index (χ0) is 18.4. The Kier molecular flexibility index (Phi) is 7.19. The summed E-state index contributed by atoms with van der Waals surface area (Å²) in [6.07, 6.45) is 1.79. The summed E-state index contributed by atoms with van der Waals surface area (Å²) < 4.78 is 7.74. The average Bonchev–Trinajstić information content (AvgIpc) is 2.68. The van der Waals surface area contributed by atoms with Crippen molar-refractivity contribution in [1.82, 2.24) is 4.90 Å². The van der Waals surface area contributed by atoms with Crippen LogP contribution in [0.4, 0.5) is 10.5 Å². The molecule has 4 nitrogen and oxygen atoms in total. The highest BCUT2D eigenvalue weighted by Gasteiger charge is 2.23. The number of hydrogen-bond acceptors (Lipinski definition) is 3. The lowest BCUT2D eigenvalue weighted by molar-refractivity contribution is 0.0832. The topological polar surface area (TPSA) is 41.6 Å². The zero-order valence-electron chi connectivity index (χ0n) is 14.5. The molecule has 0 spiro atoms. The minimum Gasteiger partial charge on any atom is -0.445 e. The maximum Gasteiger partial charge on any atom is 0.410 e. The number of nitrogens with one attached hydrogen (secondary N) is 1. The maximum atomic E-state index is 12.2. The Morgan fingerprint density at radius 1 is 1.19 bits per heavy atom. The maximum absolute atomic E-state index is 12.2. The lowest BCUT2D eigenvalue weighted by Gasteiger charge is -2.31. The molecule has 0 atom stereocenters. The summed E-state index contributed by atoms with van der Waals surface area (Å²) in [6, 6.07) is 16.1. The molecule has 0 radical (unpaired) electrons. The van der Waals surface area contributed by atoms with Gasteiger partial charge in [0.2, 0.25) is 0 Å². The normalized spacial score (nSPS) is 14.9. The van der Waals surface area contributed by atoms with Crippen molar-refractivity contribution in [3.05, 3.63) is 62.1 Å². The second-order valence-electron chi connectivity index (χ2n) is 6.48. The van der Waals surface area contributed by atoms with Crippen molar-refractivity contribution in [2.45, 2.75) is 19.4 Å². The zero-order valence-corrected chi connectivity index (χ0v) is 18.2. The fourth-order valence-electron chi connectivity index (χ4n) is 3.00. The van der Waals surface area contributed by atoms with Crippen LogP contribution in [-0.4, -0.2) is 30.6 Å². The Balaban J connectivity index is 1.39. The first-order valence-electron chi connectivity index (χ1n) is 8.76. The van der Waals surface area contributed by atoms with Gasteiger partial charge >= 0.3 is 6.09 Å². The van der Waals surface area contributed by atoms with Gasteiger partial charge in [0.05, 0.1) is 0 Å². The summed E-state index contributed by atoms with van der Waals surface area (Å²) in [5.41, 5.74) is 2.14. The van der Waals surface area contributed by atoms with E-state index in [2.05, 4.69) is 62.0 Å². The SMILES string of the molecule is O=C(OCc1ccccc1)N1CCC(CNc2ccc(I)c(Br)c2)CC1. The van der Waals surface area contributed by atoms with E-state index in [0.29, 0.717) is 12.5 Å². The van der Waals surface area contributed by atoms with E-state index in [1.807, 2.05) is 35.2 Å². The molecule has 3 rings (SSSR count). The Bertz CT molecular complexity index is 734. The van der Waals surface area contributed by atoms with Gasteiger partial charge in [-0.05, 0) is 81.0 Å². The van der Waals surface area contributed by atoms with Crippen molar-refractivity contribution in [2.75, 3.05) is 25.0 Å². The largest absolute Gasteiger partial charge is 0.445 e. The molecular weight excluding hydrogens is 507 g/mol. The molecule has 2 aromatic carbocycles. The van der Waals surface area contributed by atoms with E-state index < -0.39 is 0 Å². The summed E-state index contributed by atoms with van der Waals surface area (Å²) in [6.45, 7) is 2.79. The van der Waals surface area contributed by atoms with Crippen LogP contribution in [0.1, 0.15) is 18.4 Å². The third-order valence-corrected chi connectivity index (χ3v) is 6.93. The van der Waals surface area contributed by atoms with Gasteiger partial charge in [-0.2, -0.15) is 0 Å². The van der Waals surface area contributed by atoms with Crippen molar-refractivity contribution in [2.24, 2.45) is 5.92 Å². The number of anilines is 1. The number of rotatable bonds is 5. The summed E-state index contributed by atoms with van der Waals surface area (Å²) >= 11 is 5.87. The van der Waals surface area contributed by atoms with E-state index >= 15 is 0 Å². The summed E-state index contributed by atoms with van der Waals surface area (Å²) in [5.74, 6) is 0.575. The van der Waals surface area contributed by atoms with Crippen LogP contribution >= 0.6 is 38.5 Å². The smallest absolute Gasteiger partial charge is 0.410 e. The molecule has 1 aliphatic heterocycles. The molecule has 0 aliphatic carbocycles. The molecule has 138 valence electrons. The van der Waals surface area contributed by atoms with Crippen molar-refractivity contribution in [3.8, 4) is 0 Å². The lowest BCUT2D eigenvalue weighted by atomic mass is 9.97. The van der Waals surface area contributed by atoms with Crippen molar-refractivity contribution in [1.29, 1.82) is 0 Å². The molecule has 2 aromatic rings. The van der Waals surface area contributed by atoms with E-state index in [1.54, 1.807) is 0 Å². The Morgan fingerprint density at radius 3 is 2.62 bits per heavy atom. The number of halogens is 2. The molecule has 1 heterocycles. The van der Waals surface area contributed by atoms with Crippen molar-refractivity contribution < 1.29 is 9.53 Å². The van der Waals surface area contributed by atoms with Crippen LogP contribution in [0.25, 0.3) is 0 Å². The van der Waals surface area contributed by atoms with Crippen LogP contribution in [-0.2, 0) is 11.3 Å². The predicted octanol–water partition coefficient (Wildman–Crippen LogP) is 5.51. The molecule has 1 aliphatic rings. The highest BCUT2D eigenvalue weighted by Crippen LogP contribution is 2.24. The molecule has 0 aromatic heterocycles. The van der Waals surface area contributed by atoms with E-state index in [0.717, 1.165) is 48.2 Å². The monoisotopic (exact) mass is 528 g/mol. The molecule has 0 bridgehead atoms. The van der Waals surface area contributed by atoms with Crippen molar-refractivity contribution in [3.63, 3.8) is 0 Å². The van der Waals surface area contributed by atoms with Gasteiger partial charge in [0.25, 0.3) is 0 Å². The number of carbonyl (C=O) groups is 1. The van der Waals surface area contributed by atoms with Gasteiger partial charge in [-0.15, -0.1) is 0 Å². The summed E-state index contributed by atoms with van der Waals surface area (Å²) in [4.78, 5) is 14.0. The first-order valence-corrected chi connectivity index (χ1v) is 10.6. The van der Waals surface area contributed by atoms with Gasteiger partial charge in [0.15, 0.2) is 0 Å². The number of nitrogens with zero attached hydrogens (tertiary/aromatic N) is 1. The third-order valence-electron chi connectivity index (χ3n) is 4.59. The Morgan fingerprint density at radius 2 is 1.92 bits per heavy atom. The van der Waals surface area contributed by atoms with Crippen LogP contribution in [0.3, 0.4) is 0 Å². The molecule has 6 heteroatoms. The molecule has 26 heavy (non-hydrogen) atoms. The van der Waals surface area contributed by atoms with Gasteiger partial charge in [-0.1, -0.05) is 30.3 Å². The second-order valence-corrected chi connectivity index (χ2v) is 8.50. The first kappa shape index (κ1) is 19.5. The number of hydrogen-bond donors (Lipinski definition) is 1. The van der Waals surface area contributed by atoms with Crippen LogP contribution in [0, 0.1) is 9.49 Å². The molecule has 1 amide bonds. The minimum atomic E-state index is -0.207. The number of carbonyl (C=O) groups excluding carboxylic acids is 1. The minimum absolute atomic E-state index is 0.207. The van der Waals surface area contributed by atoms with E-state index in [4.69, 9.17) is 4.74 Å². The predicted molar refractivity (Wildman–Crippen MR) is 116 cm³/mol. The molecule has 0 unspecified atom stereocenters. The van der Waals surface area contributed by atoms with Gasteiger partial charge in [-0.3, -0.25) is 0 Å². The van der Waals surface area contributed by atoms with Gasteiger partial charge in [0.1, 0.15) is 6.61 Å². The van der Waals surface area contributed by atoms with E-state index in [1.165, 1.54) is 3.57 Å². The molecule has 1 N–H and O–H groups in total. The van der Waals surface area contributed by atoms with Gasteiger partial charge in [-0.25, -0.2) is 4.79 Å². The standard InChI is InChI=1S/C20H22BrIN2O2/c21-18-12-17(6-7-19(18)22)23-13-15-8-10-24(11-9-15)20(25)26-14-16-4-2-1-3-5-16/h1-7,12,15,23H,8-11,13-14H2. The Hall–Kier alpha value is -1.28. The van der Waals surface area contributed by atoms with E-state index in [9.17, 15) is 4.79 Å². The summed E-state index contributed by atoms with van der Waals surface area (Å²) in [7, 11) is 0. The van der Waals surface area contributed by atoms with Crippen molar-refractivity contribution >= 4 is 50.3 Å². The number of likely N-dealkylation sites (tertiary alicyclic amines) is 1.